The molecule has 162 valence electrons. The van der Waals surface area contributed by atoms with Crippen LogP contribution in [0.4, 0.5) is 0 Å². The van der Waals surface area contributed by atoms with Gasteiger partial charge in [0.05, 0.1) is 6.54 Å². The molecule has 1 N–H and O–H groups in total. The minimum atomic E-state index is 0.540. The van der Waals surface area contributed by atoms with E-state index in [1.165, 1.54) is 9.78 Å². The molecule has 0 aliphatic rings. The summed E-state index contributed by atoms with van der Waals surface area (Å²) < 4.78 is 0. The topological polar surface area (TPSA) is 50.2 Å². The summed E-state index contributed by atoms with van der Waals surface area (Å²) in [5.74, 6) is 0.796. The van der Waals surface area contributed by atoms with Gasteiger partial charge >= 0.3 is 0 Å². The molecule has 2 aromatic heterocycles. The first-order chi connectivity index (χ1) is 14.4. The van der Waals surface area contributed by atoms with Crippen LogP contribution in [0.15, 0.2) is 58.2 Å². The first-order valence-corrected chi connectivity index (χ1v) is 11.9. The molecule has 0 aromatic carbocycles. The molecule has 2 rings (SSSR count). The Labute approximate surface area is 190 Å². The Kier molecular flexibility index (Phi) is 12.0. The highest BCUT2D eigenvalue weighted by molar-refractivity contribution is 8.06. The number of hydrogen-bond donors (Lipinski definition) is 1. The number of pyridine rings is 1. The number of thiazole rings is 1. The summed E-state index contributed by atoms with van der Waals surface area (Å²) in [6.07, 6.45) is 10.8. The predicted molar refractivity (Wildman–Crippen MR) is 136 cm³/mol. The molecule has 2 heterocycles. The standard InChI is InChI=1S/C22H28N4S2.C2H6/c1-7-9-10-23-21(25-12-16(4)27-15(3)8-2)20-11-19(14-24-18(20)6)22-26-13-17(5)28-22;1-2/h8-11,13-14H,4,7,12H2,1-3,5-6H3,(H,23,25);1-2H3/b10-9+,15-8-;. The fourth-order valence-corrected chi connectivity index (χ4v) is 3.78. The van der Waals surface area contributed by atoms with Crippen LogP contribution in [0.2, 0.25) is 0 Å². The van der Waals surface area contributed by atoms with Crippen molar-refractivity contribution >= 4 is 28.9 Å². The number of thioether (sulfide) groups is 1. The Morgan fingerprint density at radius 3 is 2.60 bits per heavy atom. The third kappa shape index (κ3) is 8.28. The van der Waals surface area contributed by atoms with Gasteiger partial charge in [0.15, 0.2) is 0 Å². The van der Waals surface area contributed by atoms with E-state index in [0.29, 0.717) is 6.54 Å². The quantitative estimate of drug-likeness (QED) is 0.345. The molecule has 0 bridgehead atoms. The maximum absolute atomic E-state index is 4.80. The molecule has 0 amide bonds. The van der Waals surface area contributed by atoms with Crippen molar-refractivity contribution in [3.63, 3.8) is 0 Å². The van der Waals surface area contributed by atoms with Crippen molar-refractivity contribution in [2.75, 3.05) is 6.54 Å². The first-order valence-electron chi connectivity index (χ1n) is 10.3. The largest absolute Gasteiger partial charge is 0.347 e. The average Bonchev–Trinajstić information content (AvgIpc) is 3.18. The van der Waals surface area contributed by atoms with E-state index in [1.54, 1.807) is 23.1 Å². The molecule has 0 atom stereocenters. The molecule has 2 aromatic rings. The second-order valence-corrected chi connectivity index (χ2v) is 8.95. The van der Waals surface area contributed by atoms with Gasteiger partial charge in [0.25, 0.3) is 0 Å². The van der Waals surface area contributed by atoms with Crippen molar-refractivity contribution < 1.29 is 0 Å². The van der Waals surface area contributed by atoms with Crippen LogP contribution in [0.1, 0.15) is 57.2 Å². The second-order valence-electron chi connectivity index (χ2n) is 6.29. The summed E-state index contributed by atoms with van der Waals surface area (Å²) >= 11 is 3.33. The summed E-state index contributed by atoms with van der Waals surface area (Å²) in [5.41, 5.74) is 2.91. The van der Waals surface area contributed by atoms with E-state index in [4.69, 9.17) is 4.99 Å². The minimum absolute atomic E-state index is 0.540. The predicted octanol–water partition coefficient (Wildman–Crippen LogP) is 7.28. The van der Waals surface area contributed by atoms with Gasteiger partial charge in [0.1, 0.15) is 10.8 Å². The van der Waals surface area contributed by atoms with Crippen LogP contribution in [-0.4, -0.2) is 22.3 Å². The molecule has 30 heavy (non-hydrogen) atoms. The first kappa shape index (κ1) is 25.9. The summed E-state index contributed by atoms with van der Waals surface area (Å²) in [6, 6.07) is 2.11. The van der Waals surface area contributed by atoms with Crippen molar-refractivity contribution in [1.82, 2.24) is 15.3 Å². The van der Waals surface area contributed by atoms with Crippen LogP contribution in [0, 0.1) is 13.8 Å². The summed E-state index contributed by atoms with van der Waals surface area (Å²) in [5, 5.41) is 4.30. The molecule has 6 heteroatoms. The Morgan fingerprint density at radius 2 is 2.00 bits per heavy atom. The number of nitrogens with zero attached hydrogens (tertiary/aromatic N) is 3. The lowest BCUT2D eigenvalue weighted by molar-refractivity contribution is 1.11. The van der Waals surface area contributed by atoms with Crippen molar-refractivity contribution in [2.24, 2.45) is 4.99 Å². The Morgan fingerprint density at radius 1 is 1.27 bits per heavy atom. The second kappa shape index (κ2) is 13.9. The molecule has 0 saturated carbocycles. The molecule has 0 saturated heterocycles. The van der Waals surface area contributed by atoms with Gasteiger partial charge < -0.3 is 5.32 Å². The molecule has 0 aliphatic carbocycles. The Balaban J connectivity index is 0.00000218. The zero-order valence-corrected chi connectivity index (χ0v) is 20.9. The average molecular weight is 443 g/mol. The fourth-order valence-electron chi connectivity index (χ4n) is 2.33. The van der Waals surface area contributed by atoms with E-state index in [9.17, 15) is 0 Å². The fraction of sp³-hybridized carbons (Fsp3) is 0.375. The molecule has 0 radical (unpaired) electrons. The van der Waals surface area contributed by atoms with Gasteiger partial charge in [-0.05, 0) is 51.3 Å². The number of allylic oxidation sites excluding steroid dienone is 3. The van der Waals surface area contributed by atoms with Gasteiger partial charge in [-0.2, -0.15) is 0 Å². The van der Waals surface area contributed by atoms with Gasteiger partial charge in [-0.1, -0.05) is 51.3 Å². The van der Waals surface area contributed by atoms with Crippen LogP contribution in [-0.2, 0) is 0 Å². The van der Waals surface area contributed by atoms with E-state index in [-0.39, 0.29) is 0 Å². The monoisotopic (exact) mass is 442 g/mol. The smallest absolute Gasteiger partial charge is 0.134 e. The molecule has 4 nitrogen and oxygen atoms in total. The van der Waals surface area contributed by atoms with Crippen LogP contribution in [0.3, 0.4) is 0 Å². The van der Waals surface area contributed by atoms with Gasteiger partial charge in [0.2, 0.25) is 0 Å². The molecule has 0 aliphatic heterocycles. The third-order valence-electron chi connectivity index (χ3n) is 3.91. The SMILES string of the molecule is C=C(CN=C(N/C=C/CC)c1cc(-c2ncc(C)s2)cnc1C)S/C(C)=C\C.CC. The summed E-state index contributed by atoms with van der Waals surface area (Å²) in [6.45, 7) is 19.0. The number of rotatable bonds is 8. The van der Waals surface area contributed by atoms with E-state index in [1.807, 2.05) is 46.3 Å². The van der Waals surface area contributed by atoms with Gasteiger partial charge in [-0.15, -0.1) is 11.3 Å². The maximum Gasteiger partial charge on any atom is 0.134 e. The van der Waals surface area contributed by atoms with Crippen LogP contribution >= 0.6 is 23.1 Å². The Bertz CT molecular complexity index is 908. The number of aryl methyl sites for hydroxylation is 2. The van der Waals surface area contributed by atoms with Crippen molar-refractivity contribution in [1.29, 1.82) is 0 Å². The number of aliphatic imine (C=N–C) groups is 1. The third-order valence-corrected chi connectivity index (χ3v) is 5.85. The van der Waals surface area contributed by atoms with Gasteiger partial charge in [-0.3, -0.25) is 9.98 Å². The lowest BCUT2D eigenvalue weighted by atomic mass is 10.1. The highest BCUT2D eigenvalue weighted by Crippen LogP contribution is 2.26. The van der Waals surface area contributed by atoms with E-state index < -0.39 is 0 Å². The Hall–Kier alpha value is -2.18. The zero-order valence-electron chi connectivity index (χ0n) is 19.2. The molecular weight excluding hydrogens is 408 g/mol. The zero-order chi connectivity index (χ0) is 22.5. The van der Waals surface area contributed by atoms with Crippen LogP contribution < -0.4 is 5.32 Å². The van der Waals surface area contributed by atoms with Crippen molar-refractivity contribution in [3.05, 3.63) is 69.3 Å². The maximum atomic E-state index is 4.80. The number of hydrogen-bond acceptors (Lipinski definition) is 5. The molecule has 0 unspecified atom stereocenters. The number of aromatic nitrogens is 2. The van der Waals surface area contributed by atoms with E-state index >= 15 is 0 Å². The molecule has 0 spiro atoms. The normalized spacial score (nSPS) is 12.0. The van der Waals surface area contributed by atoms with Gasteiger partial charge in [-0.25, -0.2) is 4.98 Å². The van der Waals surface area contributed by atoms with Crippen molar-refractivity contribution in [2.45, 2.75) is 54.9 Å². The highest BCUT2D eigenvalue weighted by Gasteiger charge is 2.12. The van der Waals surface area contributed by atoms with E-state index in [0.717, 1.165) is 39.0 Å². The van der Waals surface area contributed by atoms with Crippen LogP contribution in [0.25, 0.3) is 10.6 Å². The number of nitrogens with one attached hydrogen (secondary N) is 1. The highest BCUT2D eigenvalue weighted by atomic mass is 32.2. The minimum Gasteiger partial charge on any atom is -0.347 e. The number of amidine groups is 1. The molecular formula is C24H34N4S2. The molecule has 0 fully saturated rings. The summed E-state index contributed by atoms with van der Waals surface area (Å²) in [4.78, 5) is 17.3. The lowest BCUT2D eigenvalue weighted by Crippen LogP contribution is -2.21. The van der Waals surface area contributed by atoms with E-state index in [2.05, 4.69) is 60.9 Å². The lowest BCUT2D eigenvalue weighted by Gasteiger charge is -2.11. The summed E-state index contributed by atoms with van der Waals surface area (Å²) in [7, 11) is 0. The van der Waals surface area contributed by atoms with Gasteiger partial charge in [0, 0.05) is 39.0 Å². The van der Waals surface area contributed by atoms with Crippen LogP contribution in [0.5, 0.6) is 0 Å². The van der Waals surface area contributed by atoms with Crippen molar-refractivity contribution in [3.8, 4) is 10.6 Å².